The van der Waals surface area contributed by atoms with E-state index in [0.29, 0.717) is 52.5 Å². The fraction of sp³-hybridized carbons (Fsp3) is 0.222. The van der Waals surface area contributed by atoms with Gasteiger partial charge in [0.15, 0.2) is 0 Å². The maximum atomic E-state index is 13.8. The third-order valence-electron chi connectivity index (χ3n) is 9.08. The summed E-state index contributed by atoms with van der Waals surface area (Å²) in [5.74, 6) is -1.74. The van der Waals surface area contributed by atoms with E-state index in [-0.39, 0.29) is 29.6 Å². The molecule has 13 heteroatoms. The summed E-state index contributed by atoms with van der Waals surface area (Å²) >= 11 is 0. The number of nitro benzene ring substituents is 1. The largest absolute Gasteiger partial charge is 0.313 e. The first kappa shape index (κ1) is 31.7. The van der Waals surface area contributed by atoms with Gasteiger partial charge in [0.2, 0.25) is 0 Å². The van der Waals surface area contributed by atoms with E-state index in [0.717, 1.165) is 21.4 Å². The fourth-order valence-corrected chi connectivity index (χ4v) is 6.74. The van der Waals surface area contributed by atoms with Gasteiger partial charge in [-0.15, -0.1) is 0 Å². The van der Waals surface area contributed by atoms with Crippen molar-refractivity contribution >= 4 is 50.9 Å². The van der Waals surface area contributed by atoms with Crippen molar-refractivity contribution in [2.24, 2.45) is 0 Å². The topological polar surface area (TPSA) is 168 Å². The van der Waals surface area contributed by atoms with Crippen LogP contribution in [-0.2, 0) is 0 Å². The van der Waals surface area contributed by atoms with Gasteiger partial charge in [0.05, 0.1) is 10.5 Å². The fourth-order valence-electron chi connectivity index (χ4n) is 6.74. The van der Waals surface area contributed by atoms with Crippen LogP contribution in [0.3, 0.4) is 0 Å². The van der Waals surface area contributed by atoms with Crippen molar-refractivity contribution in [3.63, 3.8) is 0 Å². The van der Waals surface area contributed by atoms with Crippen LogP contribution in [0.4, 0.5) is 5.69 Å². The molecule has 2 atom stereocenters. The second-order valence-corrected chi connectivity index (χ2v) is 12.3. The maximum Gasteiger partial charge on any atom is 0.270 e. The zero-order valence-corrected chi connectivity index (χ0v) is 26.7. The molecule has 2 aliphatic rings. The quantitative estimate of drug-likeness (QED) is 0.0909. The van der Waals surface area contributed by atoms with Crippen LogP contribution >= 0.6 is 0 Å². The molecule has 0 bridgehead atoms. The standard InChI is InChI=1S/C36H31N7O6/c1-20(41-33(44)27-7-3-5-22-11-24(25-17-39-19-40-18-25)13-29(31(22)27)35(41)46)15-37-9-10-38-16-21(2)42-34(45)28-8-4-6-23-12-26(43(48)49)14-30(32(23)28)36(42)47/h3-8,11-14,17-21,37-38H,9-10,15-16H2,1-2H3/t20-,21+/m1/s1. The second kappa shape index (κ2) is 12.6. The number of carbonyl (C=O) groups excluding carboxylic acids is 4. The molecule has 0 fully saturated rings. The van der Waals surface area contributed by atoms with Crippen LogP contribution in [0.5, 0.6) is 0 Å². The summed E-state index contributed by atoms with van der Waals surface area (Å²) in [6, 6.07) is 15.7. The van der Waals surface area contributed by atoms with Gasteiger partial charge < -0.3 is 10.6 Å². The summed E-state index contributed by atoms with van der Waals surface area (Å²) < 4.78 is 0. The molecule has 0 saturated carbocycles. The molecule has 0 saturated heterocycles. The van der Waals surface area contributed by atoms with E-state index in [9.17, 15) is 29.3 Å². The minimum absolute atomic E-state index is 0.132. The zero-order chi connectivity index (χ0) is 34.4. The van der Waals surface area contributed by atoms with Crippen LogP contribution in [0.1, 0.15) is 55.3 Å². The monoisotopic (exact) mass is 657 g/mol. The number of imide groups is 2. The third kappa shape index (κ3) is 5.48. The molecule has 7 rings (SSSR count). The highest BCUT2D eigenvalue weighted by molar-refractivity contribution is 6.27. The van der Waals surface area contributed by atoms with Crippen LogP contribution < -0.4 is 10.6 Å². The lowest BCUT2D eigenvalue weighted by Crippen LogP contribution is -2.51. The Balaban J connectivity index is 0.971. The predicted octanol–water partition coefficient (Wildman–Crippen LogP) is 4.21. The predicted molar refractivity (Wildman–Crippen MR) is 181 cm³/mol. The molecule has 3 heterocycles. The van der Waals surface area contributed by atoms with Gasteiger partial charge in [-0.05, 0) is 54.4 Å². The van der Waals surface area contributed by atoms with E-state index < -0.39 is 28.8 Å². The van der Waals surface area contributed by atoms with Crippen LogP contribution in [0, 0.1) is 10.1 Å². The first-order valence-corrected chi connectivity index (χ1v) is 15.9. The Kier molecular flexibility index (Phi) is 8.14. The Bertz CT molecular complexity index is 2210. The van der Waals surface area contributed by atoms with Gasteiger partial charge in [-0.1, -0.05) is 24.3 Å². The summed E-state index contributed by atoms with van der Waals surface area (Å²) in [5.41, 5.74) is 2.71. The number of hydrogen-bond acceptors (Lipinski definition) is 10. The SMILES string of the molecule is C[C@H](CNCCNC[C@H](C)N1C(=O)c2cccc3cc([N+](=O)[O-])cc(c23)C1=O)N1C(=O)c2cccc3cc(-c4cncnc4)cc(c23)C1=O. The highest BCUT2D eigenvalue weighted by Crippen LogP contribution is 2.36. The number of amides is 4. The molecule has 49 heavy (non-hydrogen) atoms. The highest BCUT2D eigenvalue weighted by Gasteiger charge is 2.38. The number of aromatic nitrogens is 2. The van der Waals surface area contributed by atoms with E-state index >= 15 is 0 Å². The van der Waals surface area contributed by atoms with Crippen LogP contribution in [0.2, 0.25) is 0 Å². The van der Waals surface area contributed by atoms with Crippen molar-refractivity contribution in [1.82, 2.24) is 30.4 Å². The average Bonchev–Trinajstić information content (AvgIpc) is 3.10. The van der Waals surface area contributed by atoms with Gasteiger partial charge in [-0.2, -0.15) is 0 Å². The molecule has 4 aromatic carbocycles. The molecule has 0 aliphatic carbocycles. The molecule has 13 nitrogen and oxygen atoms in total. The summed E-state index contributed by atoms with van der Waals surface area (Å²) in [4.78, 5) is 75.7. The Morgan fingerprint density at radius 2 is 1.16 bits per heavy atom. The lowest BCUT2D eigenvalue weighted by molar-refractivity contribution is -0.384. The van der Waals surface area contributed by atoms with Crippen molar-refractivity contribution in [2.45, 2.75) is 25.9 Å². The van der Waals surface area contributed by atoms with Crippen LogP contribution in [0.25, 0.3) is 32.7 Å². The molecule has 4 amide bonds. The number of nitrogens with one attached hydrogen (secondary N) is 2. The number of carbonyl (C=O) groups is 4. The van der Waals surface area contributed by atoms with Gasteiger partial charge in [-0.25, -0.2) is 9.97 Å². The molecule has 1 aromatic heterocycles. The number of nitrogens with zero attached hydrogens (tertiary/aromatic N) is 5. The van der Waals surface area contributed by atoms with Gasteiger partial charge in [0.1, 0.15) is 6.33 Å². The Morgan fingerprint density at radius 1 is 0.673 bits per heavy atom. The molecular weight excluding hydrogens is 626 g/mol. The van der Waals surface area contributed by atoms with E-state index in [1.54, 1.807) is 49.6 Å². The number of nitro groups is 1. The Hall–Kier alpha value is -5.92. The van der Waals surface area contributed by atoms with Crippen molar-refractivity contribution < 1.29 is 24.1 Å². The first-order chi connectivity index (χ1) is 23.7. The van der Waals surface area contributed by atoms with E-state index in [2.05, 4.69) is 20.6 Å². The maximum absolute atomic E-state index is 13.8. The smallest absolute Gasteiger partial charge is 0.270 e. The third-order valence-corrected chi connectivity index (χ3v) is 9.08. The summed E-state index contributed by atoms with van der Waals surface area (Å²) in [6.07, 6.45) is 4.80. The molecule has 0 unspecified atom stereocenters. The zero-order valence-electron chi connectivity index (χ0n) is 26.7. The molecule has 246 valence electrons. The van der Waals surface area contributed by atoms with Crippen LogP contribution in [0.15, 0.2) is 79.4 Å². The van der Waals surface area contributed by atoms with Gasteiger partial charge in [0.25, 0.3) is 29.3 Å². The summed E-state index contributed by atoms with van der Waals surface area (Å²) in [7, 11) is 0. The lowest BCUT2D eigenvalue weighted by Gasteiger charge is -2.32. The van der Waals surface area contributed by atoms with Crippen molar-refractivity contribution in [1.29, 1.82) is 0 Å². The molecule has 2 aliphatic heterocycles. The van der Waals surface area contributed by atoms with Gasteiger partial charge in [0, 0.05) is 95.8 Å². The van der Waals surface area contributed by atoms with Crippen LogP contribution in [-0.4, -0.2) is 86.6 Å². The van der Waals surface area contributed by atoms with Crippen molar-refractivity contribution in [2.75, 3.05) is 26.2 Å². The molecular formula is C36H31N7O6. The number of rotatable bonds is 11. The normalized spacial score (nSPS) is 15.3. The Labute approximate surface area is 280 Å². The van der Waals surface area contributed by atoms with E-state index in [1.807, 2.05) is 25.1 Å². The Morgan fingerprint density at radius 3 is 1.69 bits per heavy atom. The number of benzene rings is 4. The second-order valence-electron chi connectivity index (χ2n) is 12.3. The van der Waals surface area contributed by atoms with Crippen molar-refractivity contribution in [3.8, 4) is 11.1 Å². The number of hydrogen-bond donors (Lipinski definition) is 2. The molecule has 2 N–H and O–H groups in total. The molecule has 0 radical (unpaired) electrons. The minimum Gasteiger partial charge on any atom is -0.313 e. The summed E-state index contributed by atoms with van der Waals surface area (Å²) in [6.45, 7) is 5.13. The first-order valence-electron chi connectivity index (χ1n) is 15.9. The molecule has 0 spiro atoms. The average molecular weight is 658 g/mol. The van der Waals surface area contributed by atoms with E-state index in [4.69, 9.17) is 0 Å². The van der Waals surface area contributed by atoms with Gasteiger partial charge in [-0.3, -0.25) is 39.1 Å². The minimum atomic E-state index is -0.573. The molecule has 5 aromatic rings. The van der Waals surface area contributed by atoms with E-state index in [1.165, 1.54) is 23.4 Å². The van der Waals surface area contributed by atoms with Gasteiger partial charge >= 0.3 is 0 Å². The number of non-ortho nitro benzene ring substituents is 1. The highest BCUT2D eigenvalue weighted by atomic mass is 16.6. The van der Waals surface area contributed by atoms with Crippen molar-refractivity contribution in [3.05, 3.63) is 112 Å². The lowest BCUT2D eigenvalue weighted by atomic mass is 9.90. The summed E-state index contributed by atoms with van der Waals surface area (Å²) in [5, 5.41) is 20.4.